The molecule has 0 aliphatic carbocycles. The fraction of sp³-hybridized carbons (Fsp3) is 0.333. The number of aryl methyl sites for hydroxylation is 1. The van der Waals surface area contributed by atoms with Crippen molar-refractivity contribution in [2.24, 2.45) is 7.05 Å². The van der Waals surface area contributed by atoms with E-state index in [2.05, 4.69) is 46.3 Å². The third-order valence-corrected chi connectivity index (χ3v) is 3.23. The van der Waals surface area contributed by atoms with Crippen LogP contribution in [0.2, 0.25) is 0 Å². The van der Waals surface area contributed by atoms with Gasteiger partial charge in [-0.05, 0) is 30.3 Å². The van der Waals surface area contributed by atoms with Gasteiger partial charge < -0.3 is 4.90 Å². The summed E-state index contributed by atoms with van der Waals surface area (Å²) in [6.45, 7) is 2.94. The number of nitrogens with zero attached hydrogens (tertiary/aromatic N) is 3. The van der Waals surface area contributed by atoms with Crippen molar-refractivity contribution in [1.82, 2.24) is 14.8 Å². The predicted molar refractivity (Wildman–Crippen MR) is 71.7 cm³/mol. The number of rotatable bonds is 3. The molecular weight excluding hydrogens is 232 g/mol. The lowest BCUT2D eigenvalue weighted by Gasteiger charge is -2.18. The Morgan fingerprint density at radius 3 is 2.71 bits per heavy atom. The second-order valence-corrected chi connectivity index (χ2v) is 4.56. The van der Waals surface area contributed by atoms with Gasteiger partial charge in [-0.3, -0.25) is 4.57 Å². The zero-order chi connectivity index (χ0) is 12.4. The number of nitrogens with one attached hydrogen (secondary N) is 1. The molecule has 1 N–H and O–H groups in total. The van der Waals surface area contributed by atoms with Crippen LogP contribution in [0.25, 0.3) is 0 Å². The average molecular weight is 248 g/mol. The van der Waals surface area contributed by atoms with E-state index < -0.39 is 0 Å². The minimum absolute atomic E-state index is 0.636. The van der Waals surface area contributed by atoms with E-state index in [0.29, 0.717) is 4.77 Å². The average Bonchev–Trinajstić information content (AvgIpc) is 2.63. The molecule has 5 heteroatoms. The van der Waals surface area contributed by atoms with E-state index in [9.17, 15) is 0 Å². The topological polar surface area (TPSA) is 36.9 Å². The first-order valence-electron chi connectivity index (χ1n) is 5.46. The summed E-state index contributed by atoms with van der Waals surface area (Å²) < 4.78 is 2.50. The number of benzene rings is 1. The molecule has 4 nitrogen and oxygen atoms in total. The molecule has 0 fully saturated rings. The van der Waals surface area contributed by atoms with Crippen LogP contribution in [0.4, 0.5) is 5.95 Å². The van der Waals surface area contributed by atoms with Crippen molar-refractivity contribution in [3.63, 3.8) is 0 Å². The maximum atomic E-state index is 5.10. The van der Waals surface area contributed by atoms with Crippen LogP contribution >= 0.6 is 12.2 Å². The number of anilines is 1. The number of aromatic nitrogens is 3. The summed E-state index contributed by atoms with van der Waals surface area (Å²) in [5.74, 6) is 0.846. The number of aromatic amines is 1. The molecule has 0 saturated carbocycles. The summed E-state index contributed by atoms with van der Waals surface area (Å²) in [5, 5.41) is 7.01. The highest BCUT2D eigenvalue weighted by Crippen LogP contribution is 2.14. The summed E-state index contributed by atoms with van der Waals surface area (Å²) in [6, 6.07) is 8.35. The molecule has 2 rings (SSSR count). The first-order valence-corrected chi connectivity index (χ1v) is 5.87. The maximum absolute atomic E-state index is 5.10. The van der Waals surface area contributed by atoms with E-state index in [4.69, 9.17) is 12.2 Å². The van der Waals surface area contributed by atoms with E-state index in [1.807, 2.05) is 18.7 Å². The molecule has 90 valence electrons. The fourth-order valence-electron chi connectivity index (χ4n) is 1.79. The van der Waals surface area contributed by atoms with E-state index in [1.54, 1.807) is 0 Å². The van der Waals surface area contributed by atoms with E-state index in [-0.39, 0.29) is 0 Å². The van der Waals surface area contributed by atoms with Crippen LogP contribution in [0.1, 0.15) is 11.1 Å². The first kappa shape index (κ1) is 11.9. The van der Waals surface area contributed by atoms with Crippen LogP contribution in [-0.4, -0.2) is 21.8 Å². The predicted octanol–water partition coefficient (Wildman–Crippen LogP) is 2.42. The van der Waals surface area contributed by atoms with Crippen molar-refractivity contribution in [3.05, 3.63) is 40.2 Å². The third kappa shape index (κ3) is 2.39. The normalized spacial score (nSPS) is 10.5. The number of hydrogen-bond acceptors (Lipinski definition) is 3. The largest absolute Gasteiger partial charge is 0.340 e. The number of hydrogen-bond donors (Lipinski definition) is 1. The van der Waals surface area contributed by atoms with Gasteiger partial charge in [0.15, 0.2) is 4.77 Å². The lowest BCUT2D eigenvalue weighted by molar-refractivity contribution is 0.798. The van der Waals surface area contributed by atoms with Gasteiger partial charge in [0.25, 0.3) is 0 Å². The van der Waals surface area contributed by atoms with Crippen LogP contribution in [0.3, 0.4) is 0 Å². The van der Waals surface area contributed by atoms with E-state index in [0.717, 1.165) is 12.5 Å². The Morgan fingerprint density at radius 1 is 1.41 bits per heavy atom. The zero-order valence-electron chi connectivity index (χ0n) is 10.3. The molecule has 1 aromatic carbocycles. The van der Waals surface area contributed by atoms with Crippen molar-refractivity contribution in [3.8, 4) is 0 Å². The molecule has 1 heterocycles. The summed E-state index contributed by atoms with van der Waals surface area (Å²) in [5.41, 5.74) is 2.58. The third-order valence-electron chi connectivity index (χ3n) is 2.87. The Balaban J connectivity index is 2.23. The minimum Gasteiger partial charge on any atom is -0.340 e. The van der Waals surface area contributed by atoms with Crippen LogP contribution in [0.15, 0.2) is 24.3 Å². The van der Waals surface area contributed by atoms with Crippen molar-refractivity contribution < 1.29 is 0 Å². The molecule has 0 amide bonds. The highest BCUT2D eigenvalue weighted by atomic mass is 32.1. The Bertz CT molecular complexity index is 570. The minimum atomic E-state index is 0.636. The fourth-order valence-corrected chi connectivity index (χ4v) is 1.92. The molecule has 0 aliphatic heterocycles. The molecule has 2 aromatic rings. The Morgan fingerprint density at radius 2 is 2.12 bits per heavy atom. The van der Waals surface area contributed by atoms with Crippen LogP contribution < -0.4 is 4.90 Å². The van der Waals surface area contributed by atoms with Gasteiger partial charge in [-0.15, -0.1) is 5.10 Å². The van der Waals surface area contributed by atoms with Crippen LogP contribution in [0, 0.1) is 11.7 Å². The van der Waals surface area contributed by atoms with E-state index in [1.165, 1.54) is 11.1 Å². The summed E-state index contributed by atoms with van der Waals surface area (Å²) in [4.78, 5) is 2.08. The van der Waals surface area contributed by atoms with Gasteiger partial charge in [0, 0.05) is 20.6 Å². The van der Waals surface area contributed by atoms with Crippen molar-refractivity contribution in [2.45, 2.75) is 13.5 Å². The van der Waals surface area contributed by atoms with Gasteiger partial charge in [-0.25, -0.2) is 5.10 Å². The molecule has 17 heavy (non-hydrogen) atoms. The summed E-state index contributed by atoms with van der Waals surface area (Å²) in [7, 11) is 3.92. The Kier molecular flexibility index (Phi) is 3.28. The smallest absolute Gasteiger partial charge is 0.225 e. The zero-order valence-corrected chi connectivity index (χ0v) is 11.1. The molecule has 0 unspecified atom stereocenters. The monoisotopic (exact) mass is 248 g/mol. The molecule has 1 aromatic heterocycles. The van der Waals surface area contributed by atoms with Gasteiger partial charge in [0.2, 0.25) is 5.95 Å². The van der Waals surface area contributed by atoms with Crippen LogP contribution in [0.5, 0.6) is 0 Å². The van der Waals surface area contributed by atoms with Gasteiger partial charge in [0.05, 0.1) is 0 Å². The number of H-pyrrole nitrogens is 1. The van der Waals surface area contributed by atoms with Crippen LogP contribution in [-0.2, 0) is 13.6 Å². The molecule has 0 radical (unpaired) electrons. The van der Waals surface area contributed by atoms with Crippen molar-refractivity contribution >= 4 is 18.2 Å². The summed E-state index contributed by atoms with van der Waals surface area (Å²) >= 11 is 5.10. The molecule has 0 atom stereocenters. The highest BCUT2D eigenvalue weighted by molar-refractivity contribution is 7.71. The SMILES string of the molecule is Cc1ccccc1CN(C)c1n[nH]c(=S)n1C. The second kappa shape index (κ2) is 4.71. The standard InChI is InChI=1S/C12H16N4S/c1-9-6-4-5-7-10(9)8-15(2)11-13-14-12(17)16(11)3/h4-7H,8H2,1-3H3,(H,14,17). The van der Waals surface area contributed by atoms with Crippen molar-refractivity contribution in [1.29, 1.82) is 0 Å². The lowest BCUT2D eigenvalue weighted by atomic mass is 10.1. The van der Waals surface area contributed by atoms with Gasteiger partial charge >= 0.3 is 0 Å². The van der Waals surface area contributed by atoms with E-state index >= 15 is 0 Å². The second-order valence-electron chi connectivity index (χ2n) is 4.17. The Hall–Kier alpha value is -1.62. The van der Waals surface area contributed by atoms with Gasteiger partial charge in [-0.1, -0.05) is 24.3 Å². The quantitative estimate of drug-likeness (QED) is 0.848. The van der Waals surface area contributed by atoms with Crippen molar-refractivity contribution in [2.75, 3.05) is 11.9 Å². The molecule has 0 aliphatic rings. The lowest BCUT2D eigenvalue weighted by Crippen LogP contribution is -2.20. The molecular formula is C12H16N4S. The highest BCUT2D eigenvalue weighted by Gasteiger charge is 2.09. The van der Waals surface area contributed by atoms with Gasteiger partial charge in [-0.2, -0.15) is 0 Å². The maximum Gasteiger partial charge on any atom is 0.225 e. The molecule has 0 bridgehead atoms. The molecule has 0 spiro atoms. The summed E-state index contributed by atoms with van der Waals surface area (Å²) in [6.07, 6.45) is 0. The molecule has 0 saturated heterocycles. The first-order chi connectivity index (χ1) is 8.09. The Labute approximate surface area is 106 Å². The van der Waals surface area contributed by atoms with Gasteiger partial charge in [0.1, 0.15) is 0 Å².